The van der Waals surface area contributed by atoms with Crippen LogP contribution in [0.4, 0.5) is 4.79 Å². The van der Waals surface area contributed by atoms with Crippen molar-refractivity contribution in [2.45, 2.75) is 20.1 Å². The van der Waals surface area contributed by atoms with Crippen LogP contribution in [-0.4, -0.2) is 22.7 Å². The summed E-state index contributed by atoms with van der Waals surface area (Å²) >= 11 is 19.3. The Balaban J connectivity index is 1.54. The highest BCUT2D eigenvalue weighted by Crippen LogP contribution is 2.40. The van der Waals surface area contributed by atoms with Crippen LogP contribution in [0, 0.1) is 0 Å². The first-order chi connectivity index (χ1) is 16.8. The van der Waals surface area contributed by atoms with Gasteiger partial charge in [-0.05, 0) is 77.9 Å². The van der Waals surface area contributed by atoms with Crippen LogP contribution in [0.5, 0.6) is 11.5 Å². The van der Waals surface area contributed by atoms with E-state index in [0.717, 1.165) is 22.9 Å². The first-order valence-corrected chi connectivity index (χ1v) is 12.6. The molecule has 180 valence electrons. The maximum absolute atomic E-state index is 12.9. The molecule has 0 aliphatic carbocycles. The second-order valence-electron chi connectivity index (χ2n) is 7.57. The number of amides is 2. The summed E-state index contributed by atoms with van der Waals surface area (Å²) in [7, 11) is 0. The average molecular weight is 549 g/mol. The number of imide groups is 1. The molecule has 1 aliphatic heterocycles. The zero-order valence-corrected chi connectivity index (χ0v) is 21.7. The van der Waals surface area contributed by atoms with Gasteiger partial charge in [-0.1, -0.05) is 59.1 Å². The first kappa shape index (κ1) is 25.5. The van der Waals surface area contributed by atoms with Crippen molar-refractivity contribution in [3.63, 3.8) is 0 Å². The van der Waals surface area contributed by atoms with Crippen LogP contribution in [0.15, 0.2) is 65.6 Å². The minimum absolute atomic E-state index is 0.168. The standard InChI is InChI=1S/C26H20Cl3NO4S/c1-2-33-22-12-18(11-21(29)24(22)34-15-17-5-9-20(28)10-6-17)13-23-25(31)30(26(32)35-23)14-16-3-7-19(27)8-4-16/h3-13H,2,14-15H2,1H3/b23-13-. The molecule has 0 radical (unpaired) electrons. The number of carbonyl (C=O) groups is 2. The summed E-state index contributed by atoms with van der Waals surface area (Å²) < 4.78 is 11.7. The van der Waals surface area contributed by atoms with E-state index in [-0.39, 0.29) is 24.3 Å². The molecule has 9 heteroatoms. The summed E-state index contributed by atoms with van der Waals surface area (Å²) in [5, 5.41) is 1.22. The predicted octanol–water partition coefficient (Wildman–Crippen LogP) is 7.86. The summed E-state index contributed by atoms with van der Waals surface area (Å²) in [5.74, 6) is 0.476. The lowest BCUT2D eigenvalue weighted by molar-refractivity contribution is -0.123. The van der Waals surface area contributed by atoms with Crippen molar-refractivity contribution in [3.05, 3.63) is 97.3 Å². The zero-order valence-electron chi connectivity index (χ0n) is 18.6. The van der Waals surface area contributed by atoms with E-state index in [0.29, 0.717) is 43.6 Å². The number of carbonyl (C=O) groups excluding carboxylic acids is 2. The number of thioether (sulfide) groups is 1. The van der Waals surface area contributed by atoms with Gasteiger partial charge in [0, 0.05) is 10.0 Å². The summed E-state index contributed by atoms with van der Waals surface area (Å²) in [6, 6.07) is 17.7. The summed E-state index contributed by atoms with van der Waals surface area (Å²) in [4.78, 5) is 26.9. The number of hydrogen-bond donors (Lipinski definition) is 0. The molecule has 0 atom stereocenters. The van der Waals surface area contributed by atoms with Gasteiger partial charge in [0.05, 0.1) is 23.1 Å². The van der Waals surface area contributed by atoms with Gasteiger partial charge in [-0.15, -0.1) is 0 Å². The van der Waals surface area contributed by atoms with Crippen LogP contribution in [0.2, 0.25) is 15.1 Å². The Morgan fingerprint density at radius 1 is 0.886 bits per heavy atom. The number of nitrogens with zero attached hydrogens (tertiary/aromatic N) is 1. The normalized spacial score (nSPS) is 14.6. The number of halogens is 3. The van der Waals surface area contributed by atoms with Crippen molar-refractivity contribution < 1.29 is 19.1 Å². The Kier molecular flexibility index (Phi) is 8.29. The van der Waals surface area contributed by atoms with Crippen LogP contribution in [0.1, 0.15) is 23.6 Å². The maximum atomic E-state index is 12.9. The molecule has 1 fully saturated rings. The molecular weight excluding hydrogens is 529 g/mol. The second-order valence-corrected chi connectivity index (χ2v) is 9.85. The second kappa shape index (κ2) is 11.4. The fourth-order valence-corrected chi connectivity index (χ4v) is 4.73. The van der Waals surface area contributed by atoms with Crippen LogP contribution < -0.4 is 9.47 Å². The molecule has 3 aromatic carbocycles. The van der Waals surface area contributed by atoms with E-state index in [9.17, 15) is 9.59 Å². The predicted molar refractivity (Wildman–Crippen MR) is 141 cm³/mol. The van der Waals surface area contributed by atoms with Crippen molar-refractivity contribution in [3.8, 4) is 11.5 Å². The Bertz CT molecular complexity index is 1280. The highest BCUT2D eigenvalue weighted by atomic mass is 35.5. The van der Waals surface area contributed by atoms with Gasteiger partial charge in [-0.25, -0.2) is 0 Å². The molecule has 0 N–H and O–H groups in total. The quantitative estimate of drug-likeness (QED) is 0.268. The largest absolute Gasteiger partial charge is 0.490 e. The van der Waals surface area contributed by atoms with Crippen LogP contribution in [0.3, 0.4) is 0 Å². The van der Waals surface area contributed by atoms with Gasteiger partial charge in [0.1, 0.15) is 6.61 Å². The van der Waals surface area contributed by atoms with Gasteiger partial charge in [0.15, 0.2) is 11.5 Å². The molecule has 2 amide bonds. The van der Waals surface area contributed by atoms with Gasteiger partial charge < -0.3 is 9.47 Å². The minimum Gasteiger partial charge on any atom is -0.490 e. The van der Waals surface area contributed by atoms with Crippen molar-refractivity contribution in [1.29, 1.82) is 0 Å². The molecule has 35 heavy (non-hydrogen) atoms. The van der Waals surface area contributed by atoms with Crippen LogP contribution >= 0.6 is 46.6 Å². The van der Waals surface area contributed by atoms with E-state index in [1.54, 1.807) is 54.6 Å². The third-order valence-corrected chi connectivity index (χ3v) is 6.75. The fraction of sp³-hybridized carbons (Fsp3) is 0.154. The summed E-state index contributed by atoms with van der Waals surface area (Å²) in [5.41, 5.74) is 2.35. The molecule has 1 aliphatic rings. The zero-order chi connectivity index (χ0) is 24.9. The highest BCUT2D eigenvalue weighted by molar-refractivity contribution is 8.18. The summed E-state index contributed by atoms with van der Waals surface area (Å²) in [6.07, 6.45) is 1.63. The third kappa shape index (κ3) is 6.33. The lowest BCUT2D eigenvalue weighted by Gasteiger charge is -2.15. The molecule has 0 spiro atoms. The van der Waals surface area contributed by atoms with Crippen molar-refractivity contribution in [2.75, 3.05) is 6.61 Å². The van der Waals surface area contributed by atoms with Gasteiger partial charge in [0.2, 0.25) is 0 Å². The molecular formula is C26H20Cl3NO4S. The minimum atomic E-state index is -0.368. The summed E-state index contributed by atoms with van der Waals surface area (Å²) in [6.45, 7) is 2.70. The number of benzene rings is 3. The number of rotatable bonds is 8. The Morgan fingerprint density at radius 2 is 1.51 bits per heavy atom. The van der Waals surface area contributed by atoms with E-state index in [4.69, 9.17) is 44.3 Å². The molecule has 0 bridgehead atoms. The van der Waals surface area contributed by atoms with Gasteiger partial charge >= 0.3 is 0 Å². The van der Waals surface area contributed by atoms with Gasteiger partial charge in [-0.2, -0.15) is 0 Å². The van der Waals surface area contributed by atoms with Crippen molar-refractivity contribution in [2.24, 2.45) is 0 Å². The van der Waals surface area contributed by atoms with Gasteiger partial charge in [-0.3, -0.25) is 14.5 Å². The molecule has 0 aromatic heterocycles. The lowest BCUT2D eigenvalue weighted by atomic mass is 10.1. The molecule has 4 rings (SSSR count). The van der Waals surface area contributed by atoms with Crippen LogP contribution in [0.25, 0.3) is 6.08 Å². The average Bonchev–Trinajstić information content (AvgIpc) is 3.08. The highest BCUT2D eigenvalue weighted by Gasteiger charge is 2.35. The van der Waals surface area contributed by atoms with E-state index < -0.39 is 0 Å². The molecule has 1 saturated heterocycles. The molecule has 5 nitrogen and oxygen atoms in total. The van der Waals surface area contributed by atoms with E-state index in [1.807, 2.05) is 19.1 Å². The fourth-order valence-electron chi connectivity index (χ4n) is 3.37. The van der Waals surface area contributed by atoms with Crippen molar-refractivity contribution >= 4 is 63.8 Å². The smallest absolute Gasteiger partial charge is 0.293 e. The first-order valence-electron chi connectivity index (χ1n) is 10.7. The number of ether oxygens (including phenoxy) is 2. The molecule has 0 saturated carbocycles. The monoisotopic (exact) mass is 547 g/mol. The molecule has 0 unspecified atom stereocenters. The Labute approximate surface area is 222 Å². The van der Waals surface area contributed by atoms with Crippen molar-refractivity contribution in [1.82, 2.24) is 4.90 Å². The van der Waals surface area contributed by atoms with E-state index >= 15 is 0 Å². The Morgan fingerprint density at radius 3 is 2.14 bits per heavy atom. The Hall–Kier alpha value is -2.64. The maximum Gasteiger partial charge on any atom is 0.293 e. The topological polar surface area (TPSA) is 55.8 Å². The van der Waals surface area contributed by atoms with E-state index in [2.05, 4.69) is 0 Å². The lowest BCUT2D eigenvalue weighted by Crippen LogP contribution is -2.27. The van der Waals surface area contributed by atoms with E-state index in [1.165, 1.54) is 4.90 Å². The SMILES string of the molecule is CCOc1cc(/C=C2\SC(=O)N(Cc3ccc(Cl)cc3)C2=O)cc(Cl)c1OCc1ccc(Cl)cc1. The molecule has 3 aromatic rings. The van der Waals surface area contributed by atoms with Crippen LogP contribution in [-0.2, 0) is 17.9 Å². The molecule has 1 heterocycles. The third-order valence-electron chi connectivity index (χ3n) is 5.05. The number of hydrogen-bond acceptors (Lipinski definition) is 5. The van der Waals surface area contributed by atoms with Gasteiger partial charge in [0.25, 0.3) is 11.1 Å².